The van der Waals surface area contributed by atoms with Crippen molar-refractivity contribution in [1.82, 2.24) is 10.6 Å². The van der Waals surface area contributed by atoms with Crippen molar-refractivity contribution in [2.24, 2.45) is 0 Å². The molecule has 2 N–H and O–H groups in total. The van der Waals surface area contributed by atoms with Gasteiger partial charge in [0, 0.05) is 11.9 Å². The van der Waals surface area contributed by atoms with Crippen molar-refractivity contribution >= 4 is 17.2 Å². The molecule has 1 aromatic carbocycles. The molecule has 1 heterocycles. The zero-order valence-electron chi connectivity index (χ0n) is 14.3. The van der Waals surface area contributed by atoms with Gasteiger partial charge in [0.2, 0.25) is 5.91 Å². The fourth-order valence-corrected chi connectivity index (χ4v) is 3.40. The van der Waals surface area contributed by atoms with Gasteiger partial charge >= 0.3 is 0 Å². The van der Waals surface area contributed by atoms with E-state index in [-0.39, 0.29) is 18.0 Å². The second kappa shape index (κ2) is 8.27. The molecular weight excluding hydrogens is 304 g/mol. The third kappa shape index (κ3) is 4.43. The van der Waals surface area contributed by atoms with E-state index in [1.165, 1.54) is 16.0 Å². The van der Waals surface area contributed by atoms with Gasteiger partial charge in [-0.15, -0.1) is 11.3 Å². The average Bonchev–Trinajstić information content (AvgIpc) is 3.12. The minimum Gasteiger partial charge on any atom is -0.358 e. The number of rotatable bonds is 7. The Bertz CT molecular complexity index is 607. The molecule has 23 heavy (non-hydrogen) atoms. The zero-order valence-corrected chi connectivity index (χ0v) is 15.1. The van der Waals surface area contributed by atoms with Crippen LogP contribution in [0.2, 0.25) is 0 Å². The molecular formula is C19H26N2OS. The maximum atomic E-state index is 11.9. The highest BCUT2D eigenvalue weighted by Crippen LogP contribution is 2.28. The molecule has 3 nitrogen and oxygen atoms in total. The lowest BCUT2D eigenvalue weighted by atomic mass is 9.95. The number of likely N-dealkylation sites (N-methyl/N-ethyl adjacent to an activating group) is 1. The summed E-state index contributed by atoms with van der Waals surface area (Å²) in [5.41, 5.74) is 2.55. The molecule has 0 aliphatic heterocycles. The molecule has 124 valence electrons. The summed E-state index contributed by atoms with van der Waals surface area (Å²) in [4.78, 5) is 13.1. The summed E-state index contributed by atoms with van der Waals surface area (Å²) in [6.07, 6.45) is 1.14. The van der Waals surface area contributed by atoms with Crippen molar-refractivity contribution in [2.45, 2.75) is 45.2 Å². The van der Waals surface area contributed by atoms with E-state index >= 15 is 0 Å². The topological polar surface area (TPSA) is 41.1 Å². The van der Waals surface area contributed by atoms with Crippen molar-refractivity contribution in [3.8, 4) is 0 Å². The molecule has 0 fully saturated rings. The fraction of sp³-hybridized carbons (Fsp3) is 0.421. The number of amides is 1. The molecule has 0 unspecified atom stereocenters. The number of benzene rings is 1. The maximum absolute atomic E-state index is 11.9. The van der Waals surface area contributed by atoms with Crippen LogP contribution in [0.15, 0.2) is 41.8 Å². The Morgan fingerprint density at radius 2 is 1.78 bits per heavy atom. The van der Waals surface area contributed by atoms with E-state index in [1.807, 2.05) is 13.0 Å². The van der Waals surface area contributed by atoms with Crippen molar-refractivity contribution in [2.75, 3.05) is 7.05 Å². The van der Waals surface area contributed by atoms with E-state index in [4.69, 9.17) is 0 Å². The van der Waals surface area contributed by atoms with Crippen LogP contribution in [0.25, 0.3) is 0 Å². The lowest BCUT2D eigenvalue weighted by Gasteiger charge is -2.23. The van der Waals surface area contributed by atoms with Crippen LogP contribution in [0, 0.1) is 0 Å². The zero-order chi connectivity index (χ0) is 16.8. The van der Waals surface area contributed by atoms with Crippen LogP contribution >= 0.6 is 11.3 Å². The maximum Gasteiger partial charge on any atom is 0.236 e. The number of nitrogens with one attached hydrogen (secondary N) is 2. The predicted molar refractivity (Wildman–Crippen MR) is 98.0 cm³/mol. The molecule has 0 spiro atoms. The van der Waals surface area contributed by atoms with Crippen LogP contribution in [0.3, 0.4) is 0 Å². The molecule has 3 atom stereocenters. The lowest BCUT2D eigenvalue weighted by Crippen LogP contribution is -2.42. The van der Waals surface area contributed by atoms with E-state index in [1.54, 1.807) is 18.4 Å². The Morgan fingerprint density at radius 3 is 2.30 bits per heavy atom. The summed E-state index contributed by atoms with van der Waals surface area (Å²) < 4.78 is 0. The van der Waals surface area contributed by atoms with Crippen molar-refractivity contribution < 1.29 is 4.79 Å². The number of thiophene rings is 1. The van der Waals surface area contributed by atoms with E-state index < -0.39 is 0 Å². The molecule has 1 amide bonds. The van der Waals surface area contributed by atoms with Crippen LogP contribution in [0.1, 0.15) is 55.2 Å². The highest BCUT2D eigenvalue weighted by molar-refractivity contribution is 7.10. The van der Waals surface area contributed by atoms with E-state index in [2.05, 4.69) is 60.2 Å². The molecule has 2 aromatic rings. The van der Waals surface area contributed by atoms with E-state index in [0.717, 1.165) is 6.42 Å². The minimum atomic E-state index is -0.249. The molecule has 0 saturated heterocycles. The van der Waals surface area contributed by atoms with Crippen molar-refractivity contribution in [3.05, 3.63) is 57.8 Å². The van der Waals surface area contributed by atoms with Crippen LogP contribution in [0.5, 0.6) is 0 Å². The van der Waals surface area contributed by atoms with Gasteiger partial charge in [-0.25, -0.2) is 0 Å². The van der Waals surface area contributed by atoms with Crippen LogP contribution in [0.4, 0.5) is 0 Å². The Hall–Kier alpha value is -1.65. The summed E-state index contributed by atoms with van der Waals surface area (Å²) >= 11 is 1.71. The summed E-state index contributed by atoms with van der Waals surface area (Å²) in [6.45, 7) is 6.35. The SMILES string of the molecule is CC[C@H](C)c1ccc([C@@H](N[C@@H](C)C(=O)NC)c2cccs2)cc1. The van der Waals surface area contributed by atoms with Gasteiger partial charge in [-0.1, -0.05) is 44.2 Å². The highest BCUT2D eigenvalue weighted by atomic mass is 32.1. The van der Waals surface area contributed by atoms with Gasteiger partial charge in [0.05, 0.1) is 12.1 Å². The first-order chi connectivity index (χ1) is 11.1. The molecule has 1 aromatic heterocycles. The quantitative estimate of drug-likeness (QED) is 0.803. The molecule has 0 radical (unpaired) electrons. The number of hydrogen-bond donors (Lipinski definition) is 2. The van der Waals surface area contributed by atoms with Gasteiger partial charge in [-0.05, 0) is 41.8 Å². The Morgan fingerprint density at radius 1 is 1.13 bits per heavy atom. The van der Waals surface area contributed by atoms with Gasteiger partial charge in [-0.2, -0.15) is 0 Å². The second-order valence-corrected chi connectivity index (χ2v) is 6.91. The largest absolute Gasteiger partial charge is 0.358 e. The lowest BCUT2D eigenvalue weighted by molar-refractivity contribution is -0.122. The van der Waals surface area contributed by atoms with Crippen LogP contribution < -0.4 is 10.6 Å². The average molecular weight is 330 g/mol. The van der Waals surface area contributed by atoms with Crippen molar-refractivity contribution in [3.63, 3.8) is 0 Å². The summed E-state index contributed by atoms with van der Waals surface area (Å²) in [7, 11) is 1.67. The molecule has 2 rings (SSSR count). The number of carbonyl (C=O) groups excluding carboxylic acids is 1. The molecule has 0 aliphatic rings. The third-order valence-electron chi connectivity index (χ3n) is 4.34. The van der Waals surface area contributed by atoms with Gasteiger partial charge in [0.1, 0.15) is 0 Å². The predicted octanol–water partition coefficient (Wildman–Crippen LogP) is 4.08. The first kappa shape index (κ1) is 17.7. The van der Waals surface area contributed by atoms with Gasteiger partial charge in [0.25, 0.3) is 0 Å². The summed E-state index contributed by atoms with van der Waals surface area (Å²) in [6, 6.07) is 12.7. The van der Waals surface area contributed by atoms with Gasteiger partial charge < -0.3 is 5.32 Å². The Labute approximate surface area is 143 Å². The van der Waals surface area contributed by atoms with Crippen LogP contribution in [-0.4, -0.2) is 19.0 Å². The fourth-order valence-electron chi connectivity index (χ4n) is 2.59. The standard InChI is InChI=1S/C19H26N2OS/c1-5-13(2)15-8-10-16(11-9-15)18(17-7-6-12-23-17)21-14(3)19(22)20-4/h6-14,18,21H,5H2,1-4H3,(H,20,22)/t13-,14-,18+/m0/s1. The monoisotopic (exact) mass is 330 g/mol. The molecule has 0 bridgehead atoms. The summed E-state index contributed by atoms with van der Waals surface area (Å²) in [5.74, 6) is 0.574. The smallest absolute Gasteiger partial charge is 0.236 e. The Kier molecular flexibility index (Phi) is 6.37. The number of carbonyl (C=O) groups is 1. The minimum absolute atomic E-state index is 0.00258. The number of hydrogen-bond acceptors (Lipinski definition) is 3. The first-order valence-corrected chi connectivity index (χ1v) is 9.05. The third-order valence-corrected chi connectivity index (χ3v) is 5.27. The second-order valence-electron chi connectivity index (χ2n) is 5.93. The van der Waals surface area contributed by atoms with Gasteiger partial charge in [0.15, 0.2) is 0 Å². The van der Waals surface area contributed by atoms with E-state index in [0.29, 0.717) is 5.92 Å². The molecule has 0 saturated carbocycles. The van der Waals surface area contributed by atoms with Crippen LogP contribution in [-0.2, 0) is 4.79 Å². The summed E-state index contributed by atoms with van der Waals surface area (Å²) in [5, 5.41) is 8.22. The first-order valence-electron chi connectivity index (χ1n) is 8.17. The molecule has 0 aliphatic carbocycles. The van der Waals surface area contributed by atoms with Gasteiger partial charge in [-0.3, -0.25) is 10.1 Å². The highest BCUT2D eigenvalue weighted by Gasteiger charge is 2.21. The van der Waals surface area contributed by atoms with E-state index in [9.17, 15) is 4.79 Å². The normalized spacial score (nSPS) is 15.0. The van der Waals surface area contributed by atoms with Crippen molar-refractivity contribution in [1.29, 1.82) is 0 Å². The Balaban J connectivity index is 2.25. The molecule has 4 heteroatoms.